The summed E-state index contributed by atoms with van der Waals surface area (Å²) < 4.78 is 32.9. The number of carbonyl (C=O) groups is 2. The first kappa shape index (κ1) is 23.7. The Morgan fingerprint density at radius 1 is 1.00 bits per heavy atom. The van der Waals surface area contributed by atoms with E-state index in [1.165, 1.54) is 30.3 Å². The smallest absolute Gasteiger partial charge is 0.338 e. The van der Waals surface area contributed by atoms with Crippen molar-refractivity contribution >= 4 is 62.4 Å². The zero-order valence-electron chi connectivity index (χ0n) is 16.2. The normalized spacial score (nSPS) is 14.3. The van der Waals surface area contributed by atoms with E-state index in [0.717, 1.165) is 31.7 Å². The number of carbonyl (C=O) groups excluding carboxylic acids is 2. The molecule has 2 aromatic carbocycles. The Morgan fingerprint density at radius 2 is 1.68 bits per heavy atom. The van der Waals surface area contributed by atoms with Gasteiger partial charge in [-0.2, -0.15) is 0 Å². The van der Waals surface area contributed by atoms with Gasteiger partial charge in [0.05, 0.1) is 21.3 Å². The summed E-state index contributed by atoms with van der Waals surface area (Å²) in [6.45, 7) is -0.462. The molecule has 0 unspecified atom stereocenters. The number of benzene rings is 2. The van der Waals surface area contributed by atoms with Gasteiger partial charge < -0.3 is 10.1 Å². The molecule has 0 aliphatic heterocycles. The van der Waals surface area contributed by atoms with Crippen LogP contribution in [0.25, 0.3) is 0 Å². The summed E-state index contributed by atoms with van der Waals surface area (Å²) in [5.41, 5.74) is -0.0163. The molecular formula is C20H19Cl3N2O5S. The van der Waals surface area contributed by atoms with E-state index >= 15 is 0 Å². The Hall–Kier alpha value is -2.00. The van der Waals surface area contributed by atoms with E-state index < -0.39 is 28.5 Å². The summed E-state index contributed by atoms with van der Waals surface area (Å²) in [5.74, 6) is -1.25. The van der Waals surface area contributed by atoms with Gasteiger partial charge in [-0.05, 0) is 49.2 Å². The van der Waals surface area contributed by atoms with E-state index in [-0.39, 0.29) is 37.3 Å². The van der Waals surface area contributed by atoms with E-state index in [1.807, 2.05) is 0 Å². The molecule has 0 heterocycles. The number of rotatable bonds is 7. The number of anilines is 1. The van der Waals surface area contributed by atoms with Crippen LogP contribution in [0.5, 0.6) is 0 Å². The van der Waals surface area contributed by atoms with Crippen molar-refractivity contribution in [3.8, 4) is 0 Å². The molecular weight excluding hydrogens is 487 g/mol. The van der Waals surface area contributed by atoms with Gasteiger partial charge in [0.2, 0.25) is 0 Å². The number of hydrogen-bond acceptors (Lipinski definition) is 5. The van der Waals surface area contributed by atoms with E-state index in [9.17, 15) is 18.0 Å². The summed E-state index contributed by atoms with van der Waals surface area (Å²) in [6.07, 6.45) is 3.92. The molecule has 2 N–H and O–H groups in total. The summed E-state index contributed by atoms with van der Waals surface area (Å²) in [6, 6.07) is 8.02. The van der Waals surface area contributed by atoms with Gasteiger partial charge in [0.1, 0.15) is 4.90 Å². The van der Waals surface area contributed by atoms with Crippen LogP contribution in [0.2, 0.25) is 15.1 Å². The highest BCUT2D eigenvalue weighted by Gasteiger charge is 2.23. The lowest BCUT2D eigenvalue weighted by Gasteiger charge is -2.13. The molecule has 1 fully saturated rings. The first-order valence-corrected chi connectivity index (χ1v) is 12.0. The standard InChI is InChI=1S/C20H19Cl3N2O5S/c21-13-6-8-15(22)17(10-13)25-31(28,29)18-9-12(5-7-16(18)23)20(27)30-11-19(26)24-14-3-1-2-4-14/h5-10,14,25H,1-4,11H2,(H,24,26). The molecule has 0 spiro atoms. The first-order valence-electron chi connectivity index (χ1n) is 9.39. The predicted molar refractivity (Wildman–Crippen MR) is 119 cm³/mol. The van der Waals surface area contributed by atoms with Crippen molar-refractivity contribution in [2.75, 3.05) is 11.3 Å². The highest BCUT2D eigenvalue weighted by atomic mass is 35.5. The van der Waals surface area contributed by atoms with Gasteiger partial charge in [-0.3, -0.25) is 9.52 Å². The molecule has 7 nitrogen and oxygen atoms in total. The highest BCUT2D eigenvalue weighted by molar-refractivity contribution is 7.92. The monoisotopic (exact) mass is 504 g/mol. The number of ether oxygens (including phenoxy) is 1. The van der Waals surface area contributed by atoms with Gasteiger partial charge in [-0.15, -0.1) is 0 Å². The maximum Gasteiger partial charge on any atom is 0.338 e. The fourth-order valence-electron chi connectivity index (χ4n) is 3.17. The second-order valence-corrected chi connectivity index (χ2v) is 9.90. The molecule has 166 valence electrons. The largest absolute Gasteiger partial charge is 0.452 e. The Kier molecular flexibility index (Phi) is 7.69. The third-order valence-corrected chi connectivity index (χ3v) is 7.10. The zero-order chi connectivity index (χ0) is 22.6. The fourth-order valence-corrected chi connectivity index (χ4v) is 5.16. The van der Waals surface area contributed by atoms with Crippen LogP contribution in [-0.4, -0.2) is 32.9 Å². The number of esters is 1. The number of halogens is 3. The van der Waals surface area contributed by atoms with Crippen molar-refractivity contribution in [1.82, 2.24) is 5.32 Å². The van der Waals surface area contributed by atoms with E-state index in [2.05, 4.69) is 10.0 Å². The summed E-state index contributed by atoms with van der Waals surface area (Å²) in [5, 5.41) is 3.10. The lowest BCUT2D eigenvalue weighted by molar-refractivity contribution is -0.124. The predicted octanol–water partition coefficient (Wildman–Crippen LogP) is 4.66. The molecule has 1 aliphatic rings. The van der Waals surface area contributed by atoms with E-state index in [4.69, 9.17) is 39.5 Å². The van der Waals surface area contributed by atoms with Crippen LogP contribution in [0.4, 0.5) is 5.69 Å². The number of amides is 1. The van der Waals surface area contributed by atoms with Crippen LogP contribution in [0.1, 0.15) is 36.0 Å². The number of nitrogens with one attached hydrogen (secondary N) is 2. The van der Waals surface area contributed by atoms with E-state index in [1.54, 1.807) is 0 Å². The molecule has 1 aliphatic carbocycles. The van der Waals surface area contributed by atoms with Crippen LogP contribution in [0, 0.1) is 0 Å². The lowest BCUT2D eigenvalue weighted by Crippen LogP contribution is -2.35. The average molecular weight is 506 g/mol. The Labute approximate surface area is 195 Å². The summed E-state index contributed by atoms with van der Waals surface area (Å²) >= 11 is 18.0. The third kappa shape index (κ3) is 6.26. The Morgan fingerprint density at radius 3 is 2.39 bits per heavy atom. The molecule has 0 bridgehead atoms. The molecule has 0 radical (unpaired) electrons. The molecule has 2 aromatic rings. The van der Waals surface area contributed by atoms with Crippen molar-refractivity contribution in [2.45, 2.75) is 36.6 Å². The molecule has 3 rings (SSSR count). The van der Waals surface area contributed by atoms with Gasteiger partial charge in [0, 0.05) is 11.1 Å². The van der Waals surface area contributed by atoms with Crippen LogP contribution in [-0.2, 0) is 19.6 Å². The van der Waals surface area contributed by atoms with Gasteiger partial charge in [0.15, 0.2) is 6.61 Å². The second-order valence-electron chi connectivity index (χ2n) is 7.00. The summed E-state index contributed by atoms with van der Waals surface area (Å²) in [7, 11) is -4.20. The minimum absolute atomic E-state index is 0.0572. The maximum absolute atomic E-state index is 12.8. The minimum Gasteiger partial charge on any atom is -0.452 e. The third-order valence-electron chi connectivity index (χ3n) is 4.68. The average Bonchev–Trinajstić information content (AvgIpc) is 3.22. The van der Waals surface area contributed by atoms with Crippen molar-refractivity contribution in [3.05, 3.63) is 57.0 Å². The summed E-state index contributed by atoms with van der Waals surface area (Å²) in [4.78, 5) is 23.9. The van der Waals surface area contributed by atoms with E-state index in [0.29, 0.717) is 0 Å². The topological polar surface area (TPSA) is 102 Å². The van der Waals surface area contributed by atoms with Crippen LogP contribution < -0.4 is 10.0 Å². The van der Waals surface area contributed by atoms with Gasteiger partial charge in [-0.25, -0.2) is 13.2 Å². The maximum atomic E-state index is 12.8. The number of sulfonamides is 1. The minimum atomic E-state index is -4.20. The van der Waals surface area contributed by atoms with Crippen molar-refractivity contribution in [2.24, 2.45) is 0 Å². The highest BCUT2D eigenvalue weighted by Crippen LogP contribution is 2.30. The Bertz CT molecular complexity index is 1100. The second kappa shape index (κ2) is 10.1. The van der Waals surface area contributed by atoms with Gasteiger partial charge >= 0.3 is 5.97 Å². The molecule has 0 saturated heterocycles. The molecule has 31 heavy (non-hydrogen) atoms. The van der Waals surface area contributed by atoms with Crippen molar-refractivity contribution < 1.29 is 22.7 Å². The van der Waals surface area contributed by atoms with Crippen molar-refractivity contribution in [1.29, 1.82) is 0 Å². The molecule has 1 saturated carbocycles. The molecule has 1 amide bonds. The zero-order valence-corrected chi connectivity index (χ0v) is 19.2. The van der Waals surface area contributed by atoms with Crippen LogP contribution in [0.3, 0.4) is 0 Å². The van der Waals surface area contributed by atoms with Crippen molar-refractivity contribution in [3.63, 3.8) is 0 Å². The van der Waals surface area contributed by atoms with Gasteiger partial charge in [-0.1, -0.05) is 47.6 Å². The van der Waals surface area contributed by atoms with Gasteiger partial charge in [0.25, 0.3) is 15.9 Å². The van der Waals surface area contributed by atoms with Crippen LogP contribution in [0.15, 0.2) is 41.3 Å². The number of hydrogen-bond donors (Lipinski definition) is 2. The lowest BCUT2D eigenvalue weighted by atomic mass is 10.2. The molecule has 0 atom stereocenters. The SMILES string of the molecule is O=C(COC(=O)c1ccc(Cl)c(S(=O)(=O)Nc2cc(Cl)ccc2Cl)c1)NC1CCCC1. The Balaban J connectivity index is 1.72. The quantitative estimate of drug-likeness (QED) is 0.533. The first-order chi connectivity index (χ1) is 14.7. The fraction of sp³-hybridized carbons (Fsp3) is 0.300. The molecule has 0 aromatic heterocycles. The van der Waals surface area contributed by atoms with Crippen LogP contribution >= 0.6 is 34.8 Å². The molecule has 11 heteroatoms.